The maximum absolute atomic E-state index is 12.2. The van der Waals surface area contributed by atoms with Gasteiger partial charge in [0.15, 0.2) is 0 Å². The number of aryl methyl sites for hydroxylation is 2. The lowest BCUT2D eigenvalue weighted by atomic mass is 9.82. The molecule has 0 unspecified atom stereocenters. The first-order valence-corrected chi connectivity index (χ1v) is 31.8. The topological polar surface area (TPSA) is 415 Å². The number of amides is 5. The lowest BCUT2D eigenvalue weighted by Gasteiger charge is -2.44. The predicted octanol–water partition coefficient (Wildman–Crippen LogP) is 4.95. The molecule has 528 valence electrons. The van der Waals surface area contributed by atoms with Crippen LogP contribution in [-0.2, 0) is 47.9 Å². The van der Waals surface area contributed by atoms with E-state index in [0.29, 0.717) is 82.7 Å². The minimum atomic E-state index is -1.19. The van der Waals surface area contributed by atoms with Crippen molar-refractivity contribution in [1.82, 2.24) is 29.5 Å². The molecule has 1 aromatic carbocycles. The fourth-order valence-electron chi connectivity index (χ4n) is 14.8. The monoisotopic (exact) mass is 1380 g/mol. The van der Waals surface area contributed by atoms with Crippen LogP contribution < -0.4 is 0 Å². The first-order valence-electron chi connectivity index (χ1n) is 35.3. The number of carbonyl (C=O) groups is 10. The molecule has 0 bridgehead atoms. The van der Waals surface area contributed by atoms with Crippen LogP contribution in [0.25, 0.3) is 22.8 Å². The van der Waals surface area contributed by atoms with Gasteiger partial charge in [-0.25, -0.2) is 24.0 Å². The van der Waals surface area contributed by atoms with Crippen molar-refractivity contribution in [2.45, 2.75) is 162 Å². The largest absolute Gasteiger partial charge is 0.477 e. The molecule has 0 aliphatic carbocycles. The number of fused-ring (bicyclic) bond motifs is 5. The molecule has 10 N–H and O–H groups in total. The van der Waals surface area contributed by atoms with E-state index in [9.17, 15) is 93.9 Å². The zero-order valence-corrected chi connectivity index (χ0v) is 55.0. The molecule has 5 amide bonds. The van der Waals surface area contributed by atoms with Crippen molar-refractivity contribution in [2.75, 3.05) is 0 Å². The number of aliphatic hydroxyl groups is 5. The molecule has 27 nitrogen and oxygen atoms in total. The van der Waals surface area contributed by atoms with E-state index in [1.807, 2.05) is 30.3 Å². The fourth-order valence-corrected chi connectivity index (χ4v) is 14.8. The van der Waals surface area contributed by atoms with Crippen LogP contribution >= 0.6 is 0 Å². The van der Waals surface area contributed by atoms with Crippen LogP contribution in [0.2, 0.25) is 0 Å². The second-order valence-corrected chi connectivity index (χ2v) is 25.4. The van der Waals surface area contributed by atoms with Gasteiger partial charge >= 0.3 is 29.8 Å². The van der Waals surface area contributed by atoms with Gasteiger partial charge in [0.1, 0.15) is 40.0 Å². The van der Waals surface area contributed by atoms with Gasteiger partial charge in [0.05, 0.1) is 90.3 Å². The van der Waals surface area contributed by atoms with Crippen LogP contribution in [-0.4, -0.2) is 201 Å². The van der Waals surface area contributed by atoms with Gasteiger partial charge in [0, 0.05) is 42.7 Å². The number of hydrogen-bond donors (Lipinski definition) is 10. The molecular formula is C73H80N6O21. The standard InChI is InChI=1S/C18H19NO4.C15H16N2O4.C14H15NO5.C14H17NO4.C12H13NO4/c1-3-4-11-5-7-12(8-6-11)13-9-14-15(10(2)20)17(21)19(14)16(13)18(22)23;1-7-3-4-9(6-16-7)10-5-11-12(8(2)18)14(19)17(11)13(10)15(20)21;1-6-3-4-10(20-6)8-5-9-11(7(2)16)13(17)15(9)12(8)14(18)19;1-3-4-5-6-9-7-10-11(8(2)16)13(17)15(10)12(9)14(18)19;1-3-4-7-5-8-9(6(2)14)11(15)13(8)10(7)12(16)17/h3-8,10,14-15,20H,9H2,1-2H3,(H,22,23);3-4,6,8,11-12,18H,5H2,1-2H3,(H,20,21);3-4,7,9,11,16H,5H2,1-2H3,(H,18,19);3-6,8,10-11,16H,7H2,1-2H3,(H,18,19);6,8-9,14H,5H2,1-2H3,(H,16,17)/b4-3+;;;4-3+,6-5+;/t10-,14-,15-;8-,11-,12-;7-,9-,11-;8-,10-,11-;6-,8-,9-/m11111/s1/i5*1D. The van der Waals surface area contributed by atoms with E-state index in [1.165, 1.54) is 44.5 Å². The van der Waals surface area contributed by atoms with Gasteiger partial charge < -0.3 is 80.0 Å². The Bertz CT molecular complexity index is 4330. The van der Waals surface area contributed by atoms with Crippen molar-refractivity contribution in [3.63, 3.8) is 0 Å². The number of carbonyl (C=O) groups excluding carboxylic acids is 5. The van der Waals surface area contributed by atoms with Gasteiger partial charge in [-0.2, -0.15) is 0 Å². The molecule has 0 spiro atoms. The van der Waals surface area contributed by atoms with Crippen LogP contribution in [0.5, 0.6) is 0 Å². The number of β-lactam (4-membered cyclic amide) rings is 5. The Hall–Kier alpha value is -10.4. The molecule has 0 radical (unpaired) electrons. The number of nitrogens with zero attached hydrogens (tertiary/aromatic N) is 6. The van der Waals surface area contributed by atoms with Crippen LogP contribution in [0.4, 0.5) is 0 Å². The molecular weight excluding hydrogens is 1300 g/mol. The minimum Gasteiger partial charge on any atom is -0.477 e. The molecule has 15 atom stereocenters. The second kappa shape index (κ2) is 29.6. The normalized spacial score (nSPS) is 27.2. The highest BCUT2D eigenvalue weighted by Gasteiger charge is 2.61. The van der Waals surface area contributed by atoms with Gasteiger partial charge in [-0.1, -0.05) is 72.7 Å². The van der Waals surface area contributed by atoms with Crippen LogP contribution in [0, 0.1) is 55.2 Å². The van der Waals surface area contributed by atoms with Crippen molar-refractivity contribution >= 4 is 82.2 Å². The molecule has 3 aromatic rings. The summed E-state index contributed by atoms with van der Waals surface area (Å²) in [7, 11) is 0. The summed E-state index contributed by atoms with van der Waals surface area (Å²) in [5, 5.41) is 94.9. The van der Waals surface area contributed by atoms with Gasteiger partial charge in [0.2, 0.25) is 29.5 Å². The number of allylic oxidation sites excluding steroid dienone is 5. The summed E-state index contributed by atoms with van der Waals surface area (Å²) in [4.78, 5) is 128. The molecule has 0 saturated carbocycles. The Morgan fingerprint density at radius 2 is 0.910 bits per heavy atom. The van der Waals surface area contributed by atoms with Crippen LogP contribution in [0.1, 0.15) is 128 Å². The average molecular weight is 1380 g/mol. The van der Waals surface area contributed by atoms with E-state index in [1.54, 1.807) is 75.4 Å². The fraction of sp³-hybridized carbons (Fsp3) is 0.411. The summed E-state index contributed by atoms with van der Waals surface area (Å²) in [5.74, 6) is -4.27. The Morgan fingerprint density at radius 3 is 1.32 bits per heavy atom. The summed E-state index contributed by atoms with van der Waals surface area (Å²) in [6.07, 6.45) is 9.70. The Balaban J connectivity index is 0.000000152. The van der Waals surface area contributed by atoms with Gasteiger partial charge in [-0.15, -0.1) is 5.92 Å². The SMILES string of the molecule is [2H]C/C=C/C=C/C1=C(C(=O)O)N2C(=O)[C@H]([C@@H](C)O)[C@H]2C1.[2H]C/C=C/c1ccc(C2=C(C(=O)O)N3C(=O)[C@H]([C@@H](C)O)[C@H]3C2)cc1.[2H]CC#CC1=C(C(=O)O)N2C(=O)[C@H]([C@@H](C)O)[C@H]2C1.[2H]Cc1ccc(C2=C(C(=O)O)N3C(=O)[C@H]([C@@H](C)O)[C@H]3C2)cn1.[2H]Cc1ccc(C2=C(C(=O)O)N3C(=O)[C@H]([C@@H](C)O)[C@H]3C2)o1. The number of hydrogen-bond acceptors (Lipinski definition) is 17. The van der Waals surface area contributed by atoms with Gasteiger partial charge in [-0.05, 0) is 140 Å². The number of carboxylic acids is 5. The number of aliphatic carboxylic acids is 5. The van der Waals surface area contributed by atoms with Gasteiger partial charge in [-0.3, -0.25) is 29.0 Å². The zero-order chi connectivity index (χ0) is 77.1. The average Bonchev–Trinajstić information content (AvgIpc) is 1.68. The molecule has 27 heteroatoms. The third-order valence-corrected chi connectivity index (χ3v) is 19.2. The third-order valence-electron chi connectivity index (χ3n) is 19.2. The summed E-state index contributed by atoms with van der Waals surface area (Å²) in [5.41, 5.74) is 5.35. The lowest BCUT2D eigenvalue weighted by molar-refractivity contribution is -0.161. The Labute approximate surface area is 582 Å². The number of aliphatic hydroxyl groups excluding tert-OH is 5. The van der Waals surface area contributed by atoms with Crippen molar-refractivity contribution < 1.29 is 110 Å². The second-order valence-electron chi connectivity index (χ2n) is 25.4. The minimum absolute atomic E-state index is 0.00687. The summed E-state index contributed by atoms with van der Waals surface area (Å²) in [6, 6.07) is 12.6. The van der Waals surface area contributed by atoms with Crippen molar-refractivity contribution in [3.8, 4) is 11.8 Å². The summed E-state index contributed by atoms with van der Waals surface area (Å²) in [6.45, 7) is 7.98. The number of rotatable bonds is 16. The number of carboxylic acid groups (broad SMARTS) is 5. The summed E-state index contributed by atoms with van der Waals surface area (Å²) >= 11 is 0. The van der Waals surface area contributed by atoms with Crippen LogP contribution in [0.3, 0.4) is 0 Å². The van der Waals surface area contributed by atoms with E-state index in [0.717, 1.165) is 11.1 Å². The maximum Gasteiger partial charge on any atom is 0.353 e. The van der Waals surface area contributed by atoms with E-state index in [2.05, 4.69) is 16.8 Å². The predicted molar refractivity (Wildman–Crippen MR) is 356 cm³/mol. The van der Waals surface area contributed by atoms with Gasteiger partial charge in [0.25, 0.3) is 0 Å². The van der Waals surface area contributed by atoms with E-state index < -0.39 is 90.0 Å². The number of pyridine rings is 1. The van der Waals surface area contributed by atoms with Crippen molar-refractivity contribution in [2.24, 2.45) is 29.6 Å². The molecule has 10 aliphatic heterocycles. The smallest absolute Gasteiger partial charge is 0.353 e. The van der Waals surface area contributed by atoms with E-state index in [4.69, 9.17) is 16.4 Å². The lowest BCUT2D eigenvalue weighted by Crippen LogP contribution is -2.61. The van der Waals surface area contributed by atoms with Crippen molar-refractivity contribution in [1.29, 1.82) is 0 Å². The first kappa shape index (κ1) is 66.8. The highest BCUT2D eigenvalue weighted by Crippen LogP contribution is 2.51. The highest BCUT2D eigenvalue weighted by atomic mass is 16.4. The maximum atomic E-state index is 12.2. The third kappa shape index (κ3) is 13.4. The number of benzene rings is 1. The number of aromatic nitrogens is 1. The molecule has 100 heavy (non-hydrogen) atoms. The molecule has 13 rings (SSSR count). The molecule has 2 aromatic heterocycles. The van der Waals surface area contributed by atoms with Crippen molar-refractivity contribution in [3.05, 3.63) is 159 Å². The van der Waals surface area contributed by atoms with E-state index >= 15 is 0 Å². The quantitative estimate of drug-likeness (QED) is 0.0515. The molecule has 12 heterocycles. The van der Waals surface area contributed by atoms with Crippen LogP contribution in [0.15, 0.2) is 129 Å². The molecule has 10 aliphatic rings. The summed E-state index contributed by atoms with van der Waals surface area (Å²) < 4.78 is 41.0. The number of furan rings is 1. The van der Waals surface area contributed by atoms with E-state index in [-0.39, 0.29) is 123 Å². The molecule has 5 fully saturated rings. The first-order chi connectivity index (χ1) is 49.8. The Morgan fingerprint density at radius 1 is 0.490 bits per heavy atom. The molecule has 5 saturated heterocycles. The Kier molecular flexibility index (Phi) is 19.8. The highest BCUT2D eigenvalue weighted by molar-refractivity contribution is 6.08. The zero-order valence-electron chi connectivity index (χ0n) is 60.0.